The molecule has 108 valence electrons. The molecule has 6 heteroatoms. The van der Waals surface area contributed by atoms with Crippen LogP contribution in [0.1, 0.15) is 13.8 Å². The summed E-state index contributed by atoms with van der Waals surface area (Å²) < 4.78 is 41.7. The van der Waals surface area contributed by atoms with E-state index >= 15 is 0 Å². The fourth-order valence-corrected chi connectivity index (χ4v) is 2.27. The molecule has 19 heavy (non-hydrogen) atoms. The Kier molecular flexibility index (Phi) is 5.31. The van der Waals surface area contributed by atoms with Gasteiger partial charge in [-0.25, -0.2) is 12.8 Å². The number of benzene rings is 1. The van der Waals surface area contributed by atoms with Crippen LogP contribution in [-0.2, 0) is 14.6 Å². The standard InChI is InChI=1S/C13H20FNO3S/c1-9(2)13(8-18-3)15-12-7-10(19(4,16)17)5-6-11(12)14/h5-7,9,13,15H,8H2,1-4H3. The van der Waals surface area contributed by atoms with Crippen LogP contribution in [0.5, 0.6) is 0 Å². The molecule has 1 atom stereocenters. The molecule has 0 aliphatic carbocycles. The van der Waals surface area contributed by atoms with Gasteiger partial charge < -0.3 is 10.1 Å². The van der Waals surface area contributed by atoms with E-state index in [-0.39, 0.29) is 22.5 Å². The lowest BCUT2D eigenvalue weighted by molar-refractivity contribution is 0.171. The van der Waals surface area contributed by atoms with Crippen LogP contribution in [0, 0.1) is 11.7 Å². The second-order valence-corrected chi connectivity index (χ2v) is 6.88. The molecule has 1 aromatic rings. The summed E-state index contributed by atoms with van der Waals surface area (Å²) >= 11 is 0. The van der Waals surface area contributed by atoms with Crippen LogP contribution < -0.4 is 5.32 Å². The fourth-order valence-electron chi connectivity index (χ4n) is 1.63. The van der Waals surface area contributed by atoms with E-state index in [1.807, 2.05) is 13.8 Å². The quantitative estimate of drug-likeness (QED) is 0.817. The summed E-state index contributed by atoms with van der Waals surface area (Å²) in [7, 11) is -1.78. The molecular weight excluding hydrogens is 269 g/mol. The molecule has 0 heterocycles. The molecule has 0 saturated carbocycles. The largest absolute Gasteiger partial charge is 0.383 e. The maximum absolute atomic E-state index is 13.7. The minimum absolute atomic E-state index is 0.0886. The lowest BCUT2D eigenvalue weighted by atomic mass is 10.1. The third-order valence-corrected chi connectivity index (χ3v) is 3.97. The van der Waals surface area contributed by atoms with Crippen LogP contribution in [0.25, 0.3) is 0 Å². The predicted molar refractivity (Wildman–Crippen MR) is 73.6 cm³/mol. The molecule has 1 unspecified atom stereocenters. The lowest BCUT2D eigenvalue weighted by Gasteiger charge is -2.23. The smallest absolute Gasteiger partial charge is 0.175 e. The number of anilines is 1. The molecule has 1 rings (SSSR count). The zero-order chi connectivity index (χ0) is 14.6. The highest BCUT2D eigenvalue weighted by atomic mass is 32.2. The van der Waals surface area contributed by atoms with Gasteiger partial charge in [0.25, 0.3) is 0 Å². The van der Waals surface area contributed by atoms with Crippen molar-refractivity contribution in [3.8, 4) is 0 Å². The maximum atomic E-state index is 13.7. The van der Waals surface area contributed by atoms with Crippen molar-refractivity contribution < 1.29 is 17.5 Å². The highest BCUT2D eigenvalue weighted by Crippen LogP contribution is 2.21. The maximum Gasteiger partial charge on any atom is 0.175 e. The Balaban J connectivity index is 3.05. The summed E-state index contributed by atoms with van der Waals surface area (Å²) in [5, 5.41) is 3.00. The molecule has 0 saturated heterocycles. The number of ether oxygens (including phenoxy) is 1. The summed E-state index contributed by atoms with van der Waals surface area (Å²) in [5.41, 5.74) is 0.179. The first-order valence-electron chi connectivity index (χ1n) is 6.00. The van der Waals surface area contributed by atoms with Gasteiger partial charge in [-0.3, -0.25) is 0 Å². The minimum Gasteiger partial charge on any atom is -0.383 e. The number of halogens is 1. The molecule has 4 nitrogen and oxygen atoms in total. The number of methoxy groups -OCH3 is 1. The Morgan fingerprint density at radius 2 is 2.00 bits per heavy atom. The van der Waals surface area contributed by atoms with E-state index in [0.717, 1.165) is 12.3 Å². The normalized spacial score (nSPS) is 13.6. The molecule has 0 aromatic heterocycles. The Labute approximate surface area is 113 Å². The minimum atomic E-state index is -3.35. The van der Waals surface area contributed by atoms with Gasteiger partial charge in [0.15, 0.2) is 9.84 Å². The van der Waals surface area contributed by atoms with Crippen molar-refractivity contribution in [2.45, 2.75) is 24.8 Å². The summed E-state index contributed by atoms with van der Waals surface area (Å²) in [6.07, 6.45) is 1.10. The van der Waals surface area contributed by atoms with E-state index in [1.54, 1.807) is 7.11 Å². The summed E-state index contributed by atoms with van der Waals surface area (Å²) in [4.78, 5) is 0.0938. The van der Waals surface area contributed by atoms with Crippen molar-refractivity contribution in [3.05, 3.63) is 24.0 Å². The van der Waals surface area contributed by atoms with Crippen molar-refractivity contribution in [1.82, 2.24) is 0 Å². The van der Waals surface area contributed by atoms with E-state index < -0.39 is 15.7 Å². The Hall–Kier alpha value is -1.14. The zero-order valence-electron chi connectivity index (χ0n) is 11.6. The molecule has 1 aromatic carbocycles. The van der Waals surface area contributed by atoms with E-state index in [0.29, 0.717) is 6.61 Å². The number of rotatable bonds is 6. The topological polar surface area (TPSA) is 55.4 Å². The van der Waals surface area contributed by atoms with Crippen LogP contribution in [0.2, 0.25) is 0 Å². The Morgan fingerprint density at radius 1 is 1.37 bits per heavy atom. The molecule has 0 aliphatic rings. The van der Waals surface area contributed by atoms with Gasteiger partial charge in [-0.2, -0.15) is 0 Å². The van der Waals surface area contributed by atoms with Crippen molar-refractivity contribution in [2.75, 3.05) is 25.3 Å². The van der Waals surface area contributed by atoms with Crippen molar-refractivity contribution >= 4 is 15.5 Å². The highest BCUT2D eigenvalue weighted by molar-refractivity contribution is 7.90. The fraction of sp³-hybridized carbons (Fsp3) is 0.538. The molecule has 0 amide bonds. The van der Waals surface area contributed by atoms with E-state index in [4.69, 9.17) is 4.74 Å². The van der Waals surface area contributed by atoms with Gasteiger partial charge in [0.2, 0.25) is 0 Å². The number of hydrogen-bond donors (Lipinski definition) is 1. The van der Waals surface area contributed by atoms with E-state index in [1.165, 1.54) is 12.1 Å². The third kappa shape index (κ3) is 4.47. The molecule has 0 radical (unpaired) electrons. The van der Waals surface area contributed by atoms with E-state index in [9.17, 15) is 12.8 Å². The van der Waals surface area contributed by atoms with Gasteiger partial charge in [0.1, 0.15) is 5.82 Å². The number of nitrogens with one attached hydrogen (secondary N) is 1. The van der Waals surface area contributed by atoms with Gasteiger partial charge in [0, 0.05) is 13.4 Å². The van der Waals surface area contributed by atoms with Gasteiger partial charge in [-0.15, -0.1) is 0 Å². The van der Waals surface area contributed by atoms with Crippen LogP contribution in [-0.4, -0.2) is 34.4 Å². The van der Waals surface area contributed by atoms with Crippen LogP contribution in [0.4, 0.5) is 10.1 Å². The second kappa shape index (κ2) is 6.34. The van der Waals surface area contributed by atoms with Gasteiger partial charge in [0.05, 0.1) is 23.2 Å². The average Bonchev–Trinajstić information content (AvgIpc) is 2.29. The van der Waals surface area contributed by atoms with Crippen molar-refractivity contribution in [1.29, 1.82) is 0 Å². The van der Waals surface area contributed by atoms with E-state index in [2.05, 4.69) is 5.32 Å². The third-order valence-electron chi connectivity index (χ3n) is 2.86. The average molecular weight is 289 g/mol. The van der Waals surface area contributed by atoms with Gasteiger partial charge >= 0.3 is 0 Å². The Bertz CT molecular complexity index is 529. The molecule has 1 N–H and O–H groups in total. The molecule has 0 spiro atoms. The zero-order valence-corrected chi connectivity index (χ0v) is 12.4. The summed E-state index contributed by atoms with van der Waals surface area (Å²) in [5.74, 6) is -0.254. The van der Waals surface area contributed by atoms with Gasteiger partial charge in [-0.05, 0) is 24.1 Å². The molecule has 0 bridgehead atoms. The van der Waals surface area contributed by atoms with Crippen molar-refractivity contribution in [2.24, 2.45) is 5.92 Å². The lowest BCUT2D eigenvalue weighted by Crippen LogP contribution is -2.30. The highest BCUT2D eigenvalue weighted by Gasteiger charge is 2.17. The van der Waals surface area contributed by atoms with Crippen LogP contribution in [0.3, 0.4) is 0 Å². The molecule has 0 aliphatic heterocycles. The predicted octanol–water partition coefficient (Wildman–Crippen LogP) is 2.31. The monoisotopic (exact) mass is 289 g/mol. The van der Waals surface area contributed by atoms with Crippen molar-refractivity contribution in [3.63, 3.8) is 0 Å². The van der Waals surface area contributed by atoms with Crippen LogP contribution in [0.15, 0.2) is 23.1 Å². The molecular formula is C13H20FNO3S. The first-order chi connectivity index (χ1) is 8.75. The molecule has 0 fully saturated rings. The van der Waals surface area contributed by atoms with Crippen LogP contribution >= 0.6 is 0 Å². The summed E-state index contributed by atoms with van der Waals surface area (Å²) in [6.45, 7) is 4.38. The number of hydrogen-bond acceptors (Lipinski definition) is 4. The Morgan fingerprint density at radius 3 is 2.47 bits per heavy atom. The summed E-state index contributed by atoms with van der Waals surface area (Å²) in [6, 6.07) is 3.64. The first-order valence-corrected chi connectivity index (χ1v) is 7.90. The SMILES string of the molecule is COCC(Nc1cc(S(C)(=O)=O)ccc1F)C(C)C. The first kappa shape index (κ1) is 15.9. The van der Waals surface area contributed by atoms with Gasteiger partial charge in [-0.1, -0.05) is 13.8 Å². The number of sulfone groups is 1. The second-order valence-electron chi connectivity index (χ2n) is 4.86.